The summed E-state index contributed by atoms with van der Waals surface area (Å²) in [5.74, 6) is -0.343. The fourth-order valence-electron chi connectivity index (χ4n) is 2.91. The molecule has 0 aliphatic carbocycles. The Balaban J connectivity index is 2.05. The van der Waals surface area contributed by atoms with Crippen LogP contribution in [0.5, 0.6) is 0 Å². The first kappa shape index (κ1) is 22.0. The first-order chi connectivity index (χ1) is 12.7. The number of fused-ring (bicyclic) bond motifs is 1. The SMILES string of the molecule is CCN(CC)CCC[C@H](C)NC(=O)c1sc2cc(C(F)(F)F)ccc2c1Cl. The maximum absolute atomic E-state index is 12.9. The summed E-state index contributed by atoms with van der Waals surface area (Å²) in [4.78, 5) is 15.1. The van der Waals surface area contributed by atoms with Gasteiger partial charge in [0.25, 0.3) is 5.91 Å². The van der Waals surface area contributed by atoms with Crippen LogP contribution in [-0.4, -0.2) is 36.5 Å². The zero-order chi connectivity index (χ0) is 20.2. The van der Waals surface area contributed by atoms with E-state index in [1.54, 1.807) is 0 Å². The summed E-state index contributed by atoms with van der Waals surface area (Å²) in [6.45, 7) is 9.11. The molecule has 0 unspecified atom stereocenters. The van der Waals surface area contributed by atoms with Gasteiger partial charge in [-0.2, -0.15) is 13.2 Å². The molecule has 1 aromatic carbocycles. The standard InChI is InChI=1S/C19H24ClF3N2OS/c1-4-25(5-2)10-6-7-12(3)24-18(26)17-16(20)14-9-8-13(19(21,22)23)11-15(14)27-17/h8-9,11-12H,4-7,10H2,1-3H3,(H,24,26)/t12-/m0/s1. The van der Waals surface area contributed by atoms with Crippen molar-refractivity contribution in [3.05, 3.63) is 33.7 Å². The van der Waals surface area contributed by atoms with Gasteiger partial charge in [-0.25, -0.2) is 0 Å². The maximum atomic E-state index is 12.9. The van der Waals surface area contributed by atoms with Crippen LogP contribution >= 0.6 is 22.9 Å². The van der Waals surface area contributed by atoms with Crippen LogP contribution in [0.2, 0.25) is 5.02 Å². The molecule has 150 valence electrons. The van der Waals surface area contributed by atoms with Gasteiger partial charge in [0.1, 0.15) is 4.88 Å². The molecule has 0 bridgehead atoms. The van der Waals surface area contributed by atoms with Gasteiger partial charge in [-0.3, -0.25) is 4.79 Å². The van der Waals surface area contributed by atoms with E-state index in [9.17, 15) is 18.0 Å². The van der Waals surface area contributed by atoms with E-state index >= 15 is 0 Å². The molecule has 0 aliphatic heterocycles. The molecule has 0 saturated carbocycles. The van der Waals surface area contributed by atoms with E-state index < -0.39 is 11.7 Å². The molecule has 0 aliphatic rings. The van der Waals surface area contributed by atoms with Crippen molar-refractivity contribution in [3.8, 4) is 0 Å². The Labute approximate surface area is 166 Å². The minimum atomic E-state index is -4.42. The number of benzene rings is 1. The Morgan fingerprint density at radius 3 is 2.56 bits per heavy atom. The Morgan fingerprint density at radius 1 is 1.30 bits per heavy atom. The highest BCUT2D eigenvalue weighted by molar-refractivity contribution is 7.21. The van der Waals surface area contributed by atoms with Crippen molar-refractivity contribution in [2.45, 2.75) is 45.8 Å². The molecule has 0 spiro atoms. The highest BCUT2D eigenvalue weighted by Gasteiger charge is 2.31. The zero-order valence-electron chi connectivity index (χ0n) is 15.6. The second-order valence-corrected chi connectivity index (χ2v) is 7.93. The highest BCUT2D eigenvalue weighted by atomic mass is 35.5. The van der Waals surface area contributed by atoms with E-state index in [4.69, 9.17) is 11.6 Å². The average molecular weight is 421 g/mol. The number of halogens is 4. The number of amides is 1. The van der Waals surface area contributed by atoms with E-state index in [0.717, 1.165) is 55.9 Å². The molecule has 0 fully saturated rings. The molecule has 2 rings (SSSR count). The van der Waals surface area contributed by atoms with Crippen LogP contribution in [0.1, 0.15) is 48.8 Å². The van der Waals surface area contributed by atoms with Crippen LogP contribution in [0.3, 0.4) is 0 Å². The lowest BCUT2D eigenvalue weighted by atomic mass is 10.1. The number of nitrogens with one attached hydrogen (secondary N) is 1. The molecule has 1 amide bonds. The van der Waals surface area contributed by atoms with Crippen LogP contribution in [0.15, 0.2) is 18.2 Å². The topological polar surface area (TPSA) is 32.3 Å². The molecule has 3 nitrogen and oxygen atoms in total. The molecule has 0 radical (unpaired) electrons. The largest absolute Gasteiger partial charge is 0.416 e. The molecule has 27 heavy (non-hydrogen) atoms. The van der Waals surface area contributed by atoms with Gasteiger partial charge < -0.3 is 10.2 Å². The van der Waals surface area contributed by atoms with Gasteiger partial charge in [-0.15, -0.1) is 11.3 Å². The third kappa shape index (κ3) is 5.59. The lowest BCUT2D eigenvalue weighted by molar-refractivity contribution is -0.137. The first-order valence-corrected chi connectivity index (χ1v) is 10.2. The van der Waals surface area contributed by atoms with E-state index in [2.05, 4.69) is 24.1 Å². The Morgan fingerprint density at radius 2 is 1.96 bits per heavy atom. The Kier molecular flexibility index (Phi) is 7.54. The molecule has 1 atom stereocenters. The minimum absolute atomic E-state index is 0.0416. The molecular formula is C19H24ClF3N2OS. The lowest BCUT2D eigenvalue weighted by Gasteiger charge is -2.19. The van der Waals surface area contributed by atoms with Crippen molar-refractivity contribution in [3.63, 3.8) is 0 Å². The van der Waals surface area contributed by atoms with Gasteiger partial charge in [-0.05, 0) is 51.5 Å². The number of hydrogen-bond donors (Lipinski definition) is 1. The number of hydrogen-bond acceptors (Lipinski definition) is 3. The van der Waals surface area contributed by atoms with Gasteiger partial charge in [0.2, 0.25) is 0 Å². The quantitative estimate of drug-likeness (QED) is 0.584. The molecular weight excluding hydrogens is 397 g/mol. The summed E-state index contributed by atoms with van der Waals surface area (Å²) in [5, 5.41) is 3.57. The van der Waals surface area contributed by atoms with Crippen molar-refractivity contribution < 1.29 is 18.0 Å². The number of thiophene rings is 1. The van der Waals surface area contributed by atoms with Gasteiger partial charge in [0.15, 0.2) is 0 Å². The molecule has 1 N–H and O–H groups in total. The second-order valence-electron chi connectivity index (χ2n) is 6.50. The van der Waals surface area contributed by atoms with E-state index in [1.165, 1.54) is 6.07 Å². The van der Waals surface area contributed by atoms with Crippen molar-refractivity contribution >= 4 is 38.9 Å². The normalized spacial score (nSPS) is 13.3. The van der Waals surface area contributed by atoms with Crippen LogP contribution in [0, 0.1) is 0 Å². The Bertz CT molecular complexity index is 787. The molecule has 0 saturated heterocycles. The summed E-state index contributed by atoms with van der Waals surface area (Å²) >= 11 is 7.24. The van der Waals surface area contributed by atoms with Crippen LogP contribution in [0.25, 0.3) is 10.1 Å². The third-order valence-electron chi connectivity index (χ3n) is 4.55. The molecule has 1 aromatic heterocycles. The maximum Gasteiger partial charge on any atom is 0.416 e. The summed E-state index contributed by atoms with van der Waals surface area (Å²) in [7, 11) is 0. The zero-order valence-corrected chi connectivity index (χ0v) is 17.2. The van der Waals surface area contributed by atoms with Crippen molar-refractivity contribution in [1.82, 2.24) is 10.2 Å². The number of nitrogens with zero attached hydrogens (tertiary/aromatic N) is 1. The summed E-state index contributed by atoms with van der Waals surface area (Å²) in [5.41, 5.74) is -0.746. The first-order valence-electron chi connectivity index (χ1n) is 8.99. The van der Waals surface area contributed by atoms with E-state index in [0.29, 0.717) is 10.1 Å². The molecule has 2 aromatic rings. The second kappa shape index (κ2) is 9.26. The Hall–Kier alpha value is -1.31. The van der Waals surface area contributed by atoms with E-state index in [1.807, 2.05) is 6.92 Å². The van der Waals surface area contributed by atoms with Crippen LogP contribution in [-0.2, 0) is 6.18 Å². The van der Waals surface area contributed by atoms with Crippen molar-refractivity contribution in [2.75, 3.05) is 19.6 Å². The van der Waals surface area contributed by atoms with Gasteiger partial charge in [0, 0.05) is 16.1 Å². The fourth-order valence-corrected chi connectivity index (χ4v) is 4.37. The van der Waals surface area contributed by atoms with Crippen molar-refractivity contribution in [1.29, 1.82) is 0 Å². The molecule has 1 heterocycles. The molecule has 8 heteroatoms. The van der Waals surface area contributed by atoms with Gasteiger partial charge in [0.05, 0.1) is 10.6 Å². The predicted octanol–water partition coefficient (Wildman–Crippen LogP) is 5.81. The smallest absolute Gasteiger partial charge is 0.349 e. The van der Waals surface area contributed by atoms with Gasteiger partial charge >= 0.3 is 6.18 Å². The fraction of sp³-hybridized carbons (Fsp3) is 0.526. The predicted molar refractivity (Wildman–Crippen MR) is 106 cm³/mol. The third-order valence-corrected chi connectivity index (χ3v) is 6.20. The minimum Gasteiger partial charge on any atom is -0.349 e. The lowest BCUT2D eigenvalue weighted by Crippen LogP contribution is -2.33. The number of rotatable bonds is 8. The number of alkyl halides is 3. The highest BCUT2D eigenvalue weighted by Crippen LogP contribution is 2.39. The number of carbonyl (C=O) groups excluding carboxylic acids is 1. The summed E-state index contributed by atoms with van der Waals surface area (Å²) in [6.07, 6.45) is -2.65. The van der Waals surface area contributed by atoms with Crippen molar-refractivity contribution in [2.24, 2.45) is 0 Å². The monoisotopic (exact) mass is 420 g/mol. The van der Waals surface area contributed by atoms with Crippen LogP contribution < -0.4 is 5.32 Å². The summed E-state index contributed by atoms with van der Waals surface area (Å²) in [6, 6.07) is 3.30. The summed E-state index contributed by atoms with van der Waals surface area (Å²) < 4.78 is 39.0. The van der Waals surface area contributed by atoms with E-state index in [-0.39, 0.29) is 21.8 Å². The van der Waals surface area contributed by atoms with Crippen LogP contribution in [0.4, 0.5) is 13.2 Å². The average Bonchev–Trinajstić information content (AvgIpc) is 2.94. The number of carbonyl (C=O) groups is 1. The van der Waals surface area contributed by atoms with Gasteiger partial charge in [-0.1, -0.05) is 31.5 Å².